The summed E-state index contributed by atoms with van der Waals surface area (Å²) in [5.74, 6) is 0.607. The molecule has 0 aliphatic heterocycles. The number of carbonyl (C=O) groups excluding carboxylic acids is 1. The summed E-state index contributed by atoms with van der Waals surface area (Å²) in [5, 5.41) is 15.6. The van der Waals surface area contributed by atoms with Gasteiger partial charge in [-0.05, 0) is 60.3 Å². The van der Waals surface area contributed by atoms with Gasteiger partial charge in [-0.1, -0.05) is 47.3 Å². The Bertz CT molecular complexity index is 1540. The Kier molecular flexibility index (Phi) is 8.80. The first kappa shape index (κ1) is 26.1. The molecule has 0 fully saturated rings. The van der Waals surface area contributed by atoms with Crippen LogP contribution in [0.25, 0.3) is 42.7 Å². The van der Waals surface area contributed by atoms with Crippen LogP contribution in [0.3, 0.4) is 0 Å². The highest BCUT2D eigenvalue weighted by atomic mass is 16.5. The van der Waals surface area contributed by atoms with Crippen LogP contribution in [-0.2, 0) is 0 Å². The van der Waals surface area contributed by atoms with Crippen molar-refractivity contribution in [3.05, 3.63) is 87.1 Å². The lowest BCUT2D eigenvalue weighted by Crippen LogP contribution is -2.24. The Labute approximate surface area is 219 Å². The van der Waals surface area contributed by atoms with Crippen molar-refractivity contribution in [3.63, 3.8) is 0 Å². The number of carbonyl (C=O) groups is 1. The van der Waals surface area contributed by atoms with Gasteiger partial charge in [0.1, 0.15) is 5.75 Å². The van der Waals surface area contributed by atoms with Gasteiger partial charge in [-0.15, -0.1) is 0 Å². The molecule has 0 bridgehead atoms. The zero-order valence-corrected chi connectivity index (χ0v) is 21.0. The molecule has 0 aliphatic carbocycles. The fraction of sp³-hybridized carbons (Fsp3) is 0.259. The molecule has 0 saturated heterocycles. The number of aromatic nitrogens is 1. The molecule has 0 aliphatic rings. The third-order valence-electron chi connectivity index (χ3n) is 6.11. The molecular weight excluding hydrogens is 482 g/mol. The van der Waals surface area contributed by atoms with E-state index in [0.717, 1.165) is 65.5 Å². The molecule has 0 radical (unpaired) electrons. The number of fused-ring (bicyclic) bond motifs is 2. The predicted octanol–water partition coefficient (Wildman–Crippen LogP) is 7.68. The number of methoxy groups -OCH3 is 1. The van der Waals surface area contributed by atoms with Gasteiger partial charge in [-0.2, -0.15) is 0 Å². The first-order valence-electron chi connectivity index (χ1n) is 12.3. The average Bonchev–Trinajstić information content (AvgIpc) is 2.94. The number of nitrogens with one attached hydrogen (secondary N) is 2. The first-order valence-corrected chi connectivity index (χ1v) is 12.3. The summed E-state index contributed by atoms with van der Waals surface area (Å²) in [6.07, 6.45) is 3.83. The van der Waals surface area contributed by atoms with Crippen molar-refractivity contribution in [3.8, 4) is 5.75 Å². The minimum absolute atomic E-state index is 0.144. The Morgan fingerprint density at radius 1 is 0.842 bits per heavy atom. The van der Waals surface area contributed by atoms with Crippen molar-refractivity contribution >= 4 is 44.8 Å². The maximum atomic E-state index is 12.3. The van der Waals surface area contributed by atoms with Crippen LogP contribution in [0.1, 0.15) is 36.0 Å². The summed E-state index contributed by atoms with van der Waals surface area (Å²) in [6.45, 7) is 1.37. The molecular formula is C27H27N9O2. The van der Waals surface area contributed by atoms with Crippen LogP contribution in [0.4, 0.5) is 17.1 Å². The van der Waals surface area contributed by atoms with Crippen LogP contribution >= 0.6 is 0 Å². The van der Waals surface area contributed by atoms with Gasteiger partial charge >= 0.3 is 0 Å². The van der Waals surface area contributed by atoms with E-state index >= 15 is 0 Å². The van der Waals surface area contributed by atoms with Crippen LogP contribution in [0, 0.1) is 0 Å². The Hall–Kier alpha value is -4.98. The normalized spacial score (nSPS) is 10.4. The molecule has 38 heavy (non-hydrogen) atoms. The number of ether oxygens (including phenoxy) is 1. The van der Waals surface area contributed by atoms with Gasteiger partial charge in [0, 0.05) is 50.6 Å². The van der Waals surface area contributed by atoms with Crippen LogP contribution in [-0.4, -0.2) is 31.1 Å². The Morgan fingerprint density at radius 2 is 1.55 bits per heavy atom. The molecule has 4 rings (SSSR count). The van der Waals surface area contributed by atoms with Crippen LogP contribution in [0.5, 0.6) is 5.75 Å². The molecule has 1 heterocycles. The van der Waals surface area contributed by atoms with Gasteiger partial charge in [0.05, 0.1) is 23.8 Å². The SMILES string of the molecule is COc1ccc2nc3cc(N=[N+]=[N-])ccc3c(NCCCCCCNC(=O)c3ccc(N=[N+]=[N-])cc3)c2c1. The maximum absolute atomic E-state index is 12.3. The van der Waals surface area contributed by atoms with E-state index in [1.54, 1.807) is 43.5 Å². The molecule has 0 atom stereocenters. The third kappa shape index (κ3) is 6.41. The molecule has 11 nitrogen and oxygen atoms in total. The second kappa shape index (κ2) is 12.8. The quantitative estimate of drug-likeness (QED) is 0.0658. The molecule has 192 valence electrons. The van der Waals surface area contributed by atoms with Crippen molar-refractivity contribution < 1.29 is 9.53 Å². The first-order chi connectivity index (χ1) is 18.6. The van der Waals surface area contributed by atoms with E-state index in [9.17, 15) is 4.79 Å². The zero-order chi connectivity index (χ0) is 26.7. The van der Waals surface area contributed by atoms with Gasteiger partial charge in [0.15, 0.2) is 0 Å². The largest absolute Gasteiger partial charge is 0.497 e. The fourth-order valence-corrected chi connectivity index (χ4v) is 4.19. The smallest absolute Gasteiger partial charge is 0.251 e. The number of nitrogens with zero attached hydrogens (tertiary/aromatic N) is 7. The van der Waals surface area contributed by atoms with Crippen molar-refractivity contribution in [1.29, 1.82) is 0 Å². The average molecular weight is 510 g/mol. The van der Waals surface area contributed by atoms with E-state index < -0.39 is 0 Å². The van der Waals surface area contributed by atoms with Gasteiger partial charge in [0.2, 0.25) is 0 Å². The summed E-state index contributed by atoms with van der Waals surface area (Å²) in [7, 11) is 1.64. The number of amides is 1. The number of pyridine rings is 1. The number of rotatable bonds is 12. The summed E-state index contributed by atoms with van der Waals surface area (Å²) in [4.78, 5) is 22.6. The highest BCUT2D eigenvalue weighted by Gasteiger charge is 2.11. The summed E-state index contributed by atoms with van der Waals surface area (Å²) < 4.78 is 5.42. The number of unbranched alkanes of at least 4 members (excludes halogenated alkanes) is 3. The maximum Gasteiger partial charge on any atom is 0.251 e. The Balaban J connectivity index is 1.31. The second-order valence-corrected chi connectivity index (χ2v) is 8.59. The van der Waals surface area contributed by atoms with Gasteiger partial charge < -0.3 is 15.4 Å². The number of azide groups is 2. The van der Waals surface area contributed by atoms with Crippen LogP contribution in [0.2, 0.25) is 0 Å². The monoisotopic (exact) mass is 509 g/mol. The minimum Gasteiger partial charge on any atom is -0.497 e. The van der Waals surface area contributed by atoms with E-state index in [2.05, 4.69) is 30.7 Å². The van der Waals surface area contributed by atoms with Gasteiger partial charge in [0.25, 0.3) is 5.91 Å². The lowest BCUT2D eigenvalue weighted by atomic mass is 10.1. The van der Waals surface area contributed by atoms with Crippen molar-refractivity contribution in [2.24, 2.45) is 10.2 Å². The minimum atomic E-state index is -0.144. The number of anilines is 1. The van der Waals surface area contributed by atoms with Crippen LogP contribution < -0.4 is 15.4 Å². The van der Waals surface area contributed by atoms with Crippen molar-refractivity contribution in [2.75, 3.05) is 25.5 Å². The molecule has 11 heteroatoms. The highest BCUT2D eigenvalue weighted by Crippen LogP contribution is 2.34. The van der Waals surface area contributed by atoms with E-state index in [0.29, 0.717) is 23.5 Å². The lowest BCUT2D eigenvalue weighted by Gasteiger charge is -2.14. The predicted molar refractivity (Wildman–Crippen MR) is 149 cm³/mol. The highest BCUT2D eigenvalue weighted by molar-refractivity contribution is 6.08. The van der Waals surface area contributed by atoms with E-state index in [1.165, 1.54) is 0 Å². The lowest BCUT2D eigenvalue weighted by molar-refractivity contribution is 0.0953. The molecule has 3 aromatic carbocycles. The molecule has 1 aromatic heterocycles. The molecule has 2 N–H and O–H groups in total. The van der Waals surface area contributed by atoms with E-state index in [-0.39, 0.29) is 5.91 Å². The Morgan fingerprint density at radius 3 is 2.29 bits per heavy atom. The second-order valence-electron chi connectivity index (χ2n) is 8.59. The van der Waals surface area contributed by atoms with E-state index in [4.69, 9.17) is 20.8 Å². The molecule has 0 saturated carbocycles. The van der Waals surface area contributed by atoms with E-state index in [1.807, 2.05) is 24.3 Å². The molecule has 0 unspecified atom stereocenters. The third-order valence-corrected chi connectivity index (χ3v) is 6.11. The van der Waals surface area contributed by atoms with Gasteiger partial charge in [-0.3, -0.25) is 4.79 Å². The fourth-order valence-electron chi connectivity index (χ4n) is 4.19. The topological polar surface area (TPSA) is 161 Å². The standard InChI is InChI=1S/C27H27N9O2/c1-38-21-11-13-24-23(17-21)26(22-12-10-20(34-36-29)16-25(22)32-24)30-14-4-2-3-5-15-31-27(37)18-6-8-19(9-7-18)33-35-28/h6-13,16-17H,2-5,14-15H2,1H3,(H,30,32)(H,31,37). The summed E-state index contributed by atoms with van der Waals surface area (Å²) >= 11 is 0. The number of benzene rings is 3. The van der Waals surface area contributed by atoms with Crippen molar-refractivity contribution in [1.82, 2.24) is 10.3 Å². The number of hydrogen-bond acceptors (Lipinski definition) is 6. The summed E-state index contributed by atoms with van der Waals surface area (Å²) in [5.41, 5.74) is 21.3. The van der Waals surface area contributed by atoms with Crippen molar-refractivity contribution in [2.45, 2.75) is 25.7 Å². The molecule has 1 amide bonds. The zero-order valence-electron chi connectivity index (χ0n) is 21.0. The van der Waals surface area contributed by atoms with Crippen LogP contribution in [0.15, 0.2) is 70.9 Å². The number of hydrogen-bond donors (Lipinski definition) is 2. The van der Waals surface area contributed by atoms with Gasteiger partial charge in [-0.25, -0.2) is 4.98 Å². The summed E-state index contributed by atoms with van der Waals surface area (Å²) in [6, 6.07) is 17.8. The molecule has 4 aromatic rings. The molecule has 0 spiro atoms.